The van der Waals surface area contributed by atoms with Gasteiger partial charge in [0.25, 0.3) is 10.0 Å². The van der Waals surface area contributed by atoms with Crippen molar-refractivity contribution in [2.75, 3.05) is 11.9 Å². The quantitative estimate of drug-likeness (QED) is 0.654. The average Bonchev–Trinajstić information content (AvgIpc) is 2.36. The zero-order valence-corrected chi connectivity index (χ0v) is 13.3. The van der Waals surface area contributed by atoms with Crippen molar-refractivity contribution < 1.29 is 26.4 Å². The summed E-state index contributed by atoms with van der Waals surface area (Å²) in [6, 6.07) is 1.03. The molecule has 0 aromatic heterocycles. The zero-order chi connectivity index (χ0) is 16.5. The molecule has 1 aliphatic rings. The van der Waals surface area contributed by atoms with Crippen LogP contribution in [0.3, 0.4) is 0 Å². The van der Waals surface area contributed by atoms with E-state index in [-0.39, 0.29) is 27.8 Å². The van der Waals surface area contributed by atoms with Crippen LogP contribution in [-0.4, -0.2) is 29.5 Å². The number of hydrogen-bond acceptors (Lipinski definition) is 6. The van der Waals surface area contributed by atoms with Crippen LogP contribution < -0.4 is 19.9 Å². The number of anilines is 1. The lowest BCUT2D eigenvalue weighted by Crippen LogP contribution is -2.39. The summed E-state index contributed by atoms with van der Waals surface area (Å²) >= 11 is 0. The number of ether oxygens (including phenoxy) is 1. The van der Waals surface area contributed by atoms with Gasteiger partial charge in [-0.2, -0.15) is 0 Å². The zero-order valence-electron chi connectivity index (χ0n) is 11.6. The first kappa shape index (κ1) is 16.5. The van der Waals surface area contributed by atoms with Crippen LogP contribution in [0.2, 0.25) is 0 Å². The van der Waals surface area contributed by atoms with E-state index in [1.54, 1.807) is 4.72 Å². The number of urea groups is 1. The molecule has 0 atom stereocenters. The Labute approximate surface area is 127 Å². The molecular formula is C11H15N3O6S2. The number of hydrogen-bond donors (Lipinski definition) is 3. The number of nitrogens with two attached hydrogens (primary N) is 1. The smallest absolute Gasteiger partial charge is 0.333 e. The Kier molecular flexibility index (Phi) is 4.31. The number of rotatable bonds is 5. The predicted molar refractivity (Wildman–Crippen MR) is 77.6 cm³/mol. The first-order valence-corrected chi connectivity index (χ1v) is 9.35. The molecule has 0 saturated carbocycles. The van der Waals surface area contributed by atoms with Gasteiger partial charge >= 0.3 is 6.03 Å². The molecule has 9 nitrogen and oxygen atoms in total. The van der Waals surface area contributed by atoms with Gasteiger partial charge in [0.1, 0.15) is 15.5 Å². The third-order valence-electron chi connectivity index (χ3n) is 2.87. The van der Waals surface area contributed by atoms with Gasteiger partial charge < -0.3 is 10.1 Å². The molecule has 1 aromatic carbocycles. The van der Waals surface area contributed by atoms with Crippen LogP contribution in [0.1, 0.15) is 19.8 Å². The number of carbonyl (C=O) groups is 1. The molecule has 0 fully saturated rings. The SMILES string of the molecule is CCCCOc1cc2c(cc1S(N)(=O)=O)NC(=O)NS2(=O)=O. The minimum Gasteiger partial charge on any atom is -0.492 e. The molecule has 122 valence electrons. The van der Waals surface area contributed by atoms with Crippen molar-refractivity contribution in [3.05, 3.63) is 12.1 Å². The molecule has 0 bridgehead atoms. The van der Waals surface area contributed by atoms with Crippen LogP contribution in [0.15, 0.2) is 21.9 Å². The molecule has 1 aliphatic heterocycles. The van der Waals surface area contributed by atoms with Gasteiger partial charge in [-0.25, -0.2) is 31.5 Å². The first-order valence-electron chi connectivity index (χ1n) is 6.32. The molecule has 4 N–H and O–H groups in total. The Morgan fingerprint density at radius 2 is 2.00 bits per heavy atom. The van der Waals surface area contributed by atoms with Crippen molar-refractivity contribution in [2.24, 2.45) is 5.14 Å². The van der Waals surface area contributed by atoms with Gasteiger partial charge in [0.2, 0.25) is 10.0 Å². The predicted octanol–water partition coefficient (Wildman–Crippen LogP) is 0.337. The van der Waals surface area contributed by atoms with E-state index in [4.69, 9.17) is 9.88 Å². The van der Waals surface area contributed by atoms with Crippen molar-refractivity contribution in [1.82, 2.24) is 4.72 Å². The van der Waals surface area contributed by atoms with Gasteiger partial charge in [0.05, 0.1) is 12.3 Å². The van der Waals surface area contributed by atoms with E-state index in [1.807, 2.05) is 6.92 Å². The lowest BCUT2D eigenvalue weighted by Gasteiger charge is -2.20. The fourth-order valence-corrected chi connectivity index (χ4v) is 3.59. The summed E-state index contributed by atoms with van der Waals surface area (Å²) in [5.41, 5.74) is -0.171. The monoisotopic (exact) mass is 349 g/mol. The number of amides is 2. The number of fused-ring (bicyclic) bond motifs is 1. The highest BCUT2D eigenvalue weighted by atomic mass is 32.2. The topological polar surface area (TPSA) is 145 Å². The molecule has 2 amide bonds. The summed E-state index contributed by atoms with van der Waals surface area (Å²) in [6.07, 6.45) is 1.47. The number of unbranched alkanes of at least 4 members (excludes halogenated alkanes) is 1. The molecule has 1 heterocycles. The van der Waals surface area contributed by atoms with Crippen LogP contribution >= 0.6 is 0 Å². The fourth-order valence-electron chi connectivity index (χ4n) is 1.85. The van der Waals surface area contributed by atoms with Crippen LogP contribution in [-0.2, 0) is 20.0 Å². The molecule has 0 saturated heterocycles. The molecule has 22 heavy (non-hydrogen) atoms. The maximum atomic E-state index is 11.9. The van der Waals surface area contributed by atoms with Crippen molar-refractivity contribution in [3.63, 3.8) is 0 Å². The second-order valence-corrected chi connectivity index (χ2v) is 7.78. The molecule has 1 aromatic rings. The summed E-state index contributed by atoms with van der Waals surface area (Å²) < 4.78 is 54.2. The summed E-state index contributed by atoms with van der Waals surface area (Å²) in [4.78, 5) is 10.6. The molecule has 2 rings (SSSR count). The van der Waals surface area contributed by atoms with Crippen LogP contribution in [0.4, 0.5) is 10.5 Å². The third-order valence-corrected chi connectivity index (χ3v) is 5.18. The largest absolute Gasteiger partial charge is 0.492 e. The maximum absolute atomic E-state index is 11.9. The minimum absolute atomic E-state index is 0.170. The summed E-state index contributed by atoms with van der Waals surface area (Å²) in [5, 5.41) is 7.33. The summed E-state index contributed by atoms with van der Waals surface area (Å²) in [5.74, 6) is -0.170. The van der Waals surface area contributed by atoms with E-state index in [9.17, 15) is 21.6 Å². The molecule has 0 spiro atoms. The van der Waals surface area contributed by atoms with Gasteiger partial charge in [-0.15, -0.1) is 0 Å². The second kappa shape index (κ2) is 5.74. The van der Waals surface area contributed by atoms with Crippen molar-refractivity contribution in [2.45, 2.75) is 29.6 Å². The number of primary sulfonamides is 1. The van der Waals surface area contributed by atoms with E-state index in [1.165, 1.54) is 0 Å². The van der Waals surface area contributed by atoms with Gasteiger partial charge in [-0.3, -0.25) is 0 Å². The van der Waals surface area contributed by atoms with Crippen molar-refractivity contribution in [1.29, 1.82) is 0 Å². The Morgan fingerprint density at radius 3 is 2.59 bits per heavy atom. The molecule has 0 radical (unpaired) electrons. The Morgan fingerprint density at radius 1 is 1.32 bits per heavy atom. The molecule has 0 aliphatic carbocycles. The molecule has 0 unspecified atom stereocenters. The lowest BCUT2D eigenvalue weighted by molar-refractivity contribution is 0.256. The third kappa shape index (κ3) is 3.31. The maximum Gasteiger partial charge on any atom is 0.333 e. The lowest BCUT2D eigenvalue weighted by atomic mass is 10.3. The summed E-state index contributed by atoms with van der Waals surface area (Å²) in [6.45, 7) is 2.12. The van der Waals surface area contributed by atoms with Crippen LogP contribution in [0.5, 0.6) is 5.75 Å². The van der Waals surface area contributed by atoms with E-state index < -0.39 is 26.1 Å². The normalized spacial score (nSPS) is 16.4. The van der Waals surface area contributed by atoms with Crippen LogP contribution in [0, 0.1) is 0 Å². The van der Waals surface area contributed by atoms with Crippen molar-refractivity contribution >= 4 is 31.8 Å². The standard InChI is InChI=1S/C11H15N3O6S2/c1-2-3-4-20-8-6-9-7(5-10(8)21(12,16)17)13-11(15)14-22(9,18)19/h5-6H,2-4H2,1H3,(H2,12,16,17)(H2,13,14,15). The highest BCUT2D eigenvalue weighted by Crippen LogP contribution is 2.34. The number of benzene rings is 1. The van der Waals surface area contributed by atoms with E-state index >= 15 is 0 Å². The van der Waals surface area contributed by atoms with Gasteiger partial charge in [0.15, 0.2) is 0 Å². The summed E-state index contributed by atoms with van der Waals surface area (Å²) in [7, 11) is -8.23. The van der Waals surface area contributed by atoms with E-state index in [2.05, 4.69) is 5.32 Å². The number of sulfonamides is 2. The van der Waals surface area contributed by atoms with Gasteiger partial charge in [-0.1, -0.05) is 13.3 Å². The Bertz CT molecular complexity index is 816. The highest BCUT2D eigenvalue weighted by molar-refractivity contribution is 7.90. The molecule has 11 heteroatoms. The Balaban J connectivity index is 2.60. The van der Waals surface area contributed by atoms with Gasteiger partial charge in [0, 0.05) is 6.07 Å². The van der Waals surface area contributed by atoms with Crippen LogP contribution in [0.25, 0.3) is 0 Å². The number of carbonyl (C=O) groups excluding carboxylic acids is 1. The first-order chi connectivity index (χ1) is 10.1. The highest BCUT2D eigenvalue weighted by Gasteiger charge is 2.31. The molecular weight excluding hydrogens is 334 g/mol. The Hall–Kier alpha value is -1.85. The second-order valence-electron chi connectivity index (χ2n) is 4.60. The number of nitrogens with one attached hydrogen (secondary N) is 2. The minimum atomic E-state index is -4.15. The van der Waals surface area contributed by atoms with Gasteiger partial charge in [-0.05, 0) is 12.5 Å². The fraction of sp³-hybridized carbons (Fsp3) is 0.364. The average molecular weight is 349 g/mol. The van der Waals surface area contributed by atoms with Crippen molar-refractivity contribution in [3.8, 4) is 5.75 Å². The van der Waals surface area contributed by atoms with E-state index in [0.29, 0.717) is 6.42 Å². The van der Waals surface area contributed by atoms with E-state index in [0.717, 1.165) is 18.6 Å².